The molecule has 2 aromatic rings. The highest BCUT2D eigenvalue weighted by Crippen LogP contribution is 2.28. The third-order valence-electron chi connectivity index (χ3n) is 3.43. The fourth-order valence-corrected chi connectivity index (χ4v) is 3.36. The molecule has 0 saturated carbocycles. The molecule has 0 amide bonds. The van der Waals surface area contributed by atoms with Gasteiger partial charge in [-0.3, -0.25) is 16.0 Å². The van der Waals surface area contributed by atoms with E-state index in [0.29, 0.717) is 0 Å². The van der Waals surface area contributed by atoms with E-state index in [1.165, 1.54) is 21.0 Å². The number of nitrogens with one attached hydrogen (secondary N) is 1. The number of aromatic nitrogens is 2. The number of hydrazine groups is 1. The summed E-state index contributed by atoms with van der Waals surface area (Å²) in [4.78, 5) is 2.65. The van der Waals surface area contributed by atoms with Gasteiger partial charge in [-0.15, -0.1) is 11.3 Å². The highest BCUT2D eigenvalue weighted by molar-refractivity contribution is 7.12. The summed E-state index contributed by atoms with van der Waals surface area (Å²) >= 11 is 1.81. The molecule has 0 radical (unpaired) electrons. The molecular formula is C14H22N4S. The van der Waals surface area contributed by atoms with Crippen molar-refractivity contribution in [2.45, 2.75) is 46.7 Å². The highest BCUT2D eigenvalue weighted by atomic mass is 32.1. The van der Waals surface area contributed by atoms with Gasteiger partial charge in [0.25, 0.3) is 0 Å². The number of nitrogens with zero attached hydrogens (tertiary/aromatic N) is 2. The fourth-order valence-electron chi connectivity index (χ4n) is 2.26. The molecule has 2 rings (SSSR count). The van der Waals surface area contributed by atoms with E-state index in [2.05, 4.69) is 43.4 Å². The molecule has 0 aliphatic carbocycles. The molecule has 19 heavy (non-hydrogen) atoms. The number of aryl methyl sites for hydroxylation is 4. The lowest BCUT2D eigenvalue weighted by molar-refractivity contribution is 0.523. The Balaban J connectivity index is 2.23. The van der Waals surface area contributed by atoms with Crippen molar-refractivity contribution in [2.24, 2.45) is 5.84 Å². The van der Waals surface area contributed by atoms with E-state index in [1.54, 1.807) is 0 Å². The zero-order valence-corrected chi connectivity index (χ0v) is 12.8. The van der Waals surface area contributed by atoms with E-state index in [0.717, 1.165) is 18.7 Å². The van der Waals surface area contributed by atoms with Crippen LogP contribution in [0.3, 0.4) is 0 Å². The van der Waals surface area contributed by atoms with Crippen LogP contribution in [0.25, 0.3) is 0 Å². The van der Waals surface area contributed by atoms with Crippen molar-refractivity contribution in [1.82, 2.24) is 15.2 Å². The number of thiophene rings is 1. The van der Waals surface area contributed by atoms with Crippen molar-refractivity contribution in [3.05, 3.63) is 38.8 Å². The molecule has 104 valence electrons. The molecule has 0 spiro atoms. The molecular weight excluding hydrogens is 256 g/mol. The molecule has 4 nitrogen and oxygen atoms in total. The summed E-state index contributed by atoms with van der Waals surface area (Å²) in [5, 5.41) is 4.48. The summed E-state index contributed by atoms with van der Waals surface area (Å²) in [6.45, 7) is 9.32. The van der Waals surface area contributed by atoms with Crippen LogP contribution in [0.5, 0.6) is 0 Å². The van der Waals surface area contributed by atoms with Crippen LogP contribution >= 0.6 is 11.3 Å². The normalized spacial score (nSPS) is 12.9. The van der Waals surface area contributed by atoms with Crippen LogP contribution in [0.4, 0.5) is 0 Å². The highest BCUT2D eigenvalue weighted by Gasteiger charge is 2.16. The van der Waals surface area contributed by atoms with Gasteiger partial charge < -0.3 is 0 Å². The van der Waals surface area contributed by atoms with E-state index in [1.807, 2.05) is 22.9 Å². The summed E-state index contributed by atoms with van der Waals surface area (Å²) < 4.78 is 2.05. The molecule has 5 heteroatoms. The van der Waals surface area contributed by atoms with E-state index in [4.69, 9.17) is 5.84 Å². The zero-order chi connectivity index (χ0) is 14.0. The molecule has 0 aromatic carbocycles. The van der Waals surface area contributed by atoms with Crippen molar-refractivity contribution in [3.63, 3.8) is 0 Å². The minimum atomic E-state index is 0.152. The molecule has 1 atom stereocenters. The Bertz CT molecular complexity index is 536. The molecule has 0 aliphatic rings. The first-order valence-corrected chi connectivity index (χ1v) is 7.43. The van der Waals surface area contributed by atoms with E-state index >= 15 is 0 Å². The zero-order valence-electron chi connectivity index (χ0n) is 12.0. The molecule has 0 fully saturated rings. The van der Waals surface area contributed by atoms with Crippen molar-refractivity contribution in [1.29, 1.82) is 0 Å². The maximum atomic E-state index is 5.74. The first-order chi connectivity index (χ1) is 9.05. The number of hydrogen-bond donors (Lipinski definition) is 2. The Hall–Kier alpha value is -1.17. The van der Waals surface area contributed by atoms with Gasteiger partial charge in [-0.1, -0.05) is 0 Å². The Morgan fingerprint density at radius 3 is 2.63 bits per heavy atom. The molecule has 0 saturated heterocycles. The Labute approximate surface area is 118 Å². The maximum absolute atomic E-state index is 5.74. The van der Waals surface area contributed by atoms with Gasteiger partial charge in [-0.05, 0) is 45.4 Å². The van der Waals surface area contributed by atoms with Gasteiger partial charge in [0.05, 0.1) is 11.7 Å². The average Bonchev–Trinajstić information content (AvgIpc) is 2.90. The number of nitrogens with two attached hydrogens (primary N) is 1. The molecule has 0 bridgehead atoms. The summed E-state index contributed by atoms with van der Waals surface area (Å²) in [6, 6.07) is 4.52. The number of rotatable bonds is 5. The van der Waals surface area contributed by atoms with Crippen LogP contribution in [0.1, 0.15) is 39.7 Å². The van der Waals surface area contributed by atoms with E-state index in [9.17, 15) is 0 Å². The van der Waals surface area contributed by atoms with E-state index in [-0.39, 0.29) is 6.04 Å². The summed E-state index contributed by atoms with van der Waals surface area (Å²) in [7, 11) is 0. The second kappa shape index (κ2) is 5.86. The van der Waals surface area contributed by atoms with Crippen LogP contribution in [-0.2, 0) is 13.0 Å². The third kappa shape index (κ3) is 3.05. The van der Waals surface area contributed by atoms with Gasteiger partial charge in [0.2, 0.25) is 0 Å². The average molecular weight is 278 g/mol. The van der Waals surface area contributed by atoms with Crippen molar-refractivity contribution >= 4 is 11.3 Å². The van der Waals surface area contributed by atoms with Crippen LogP contribution < -0.4 is 11.3 Å². The minimum Gasteiger partial charge on any atom is -0.271 e. The molecule has 2 heterocycles. The first kappa shape index (κ1) is 14.2. The predicted octanol–water partition coefficient (Wildman–Crippen LogP) is 2.64. The standard InChI is InChI=1S/C14H22N4S/c1-5-18-12(7-10(3)17-18)8-13(16-15)14-6-9(2)11(4)19-14/h6-7,13,16H,5,8,15H2,1-4H3. The largest absolute Gasteiger partial charge is 0.271 e. The van der Waals surface area contributed by atoms with Crippen LogP contribution in [0.2, 0.25) is 0 Å². The monoisotopic (exact) mass is 278 g/mol. The van der Waals surface area contributed by atoms with Crippen LogP contribution in [0.15, 0.2) is 12.1 Å². The second-order valence-corrected chi connectivity index (χ2v) is 6.19. The topological polar surface area (TPSA) is 55.9 Å². The fraction of sp³-hybridized carbons (Fsp3) is 0.500. The van der Waals surface area contributed by atoms with Crippen molar-refractivity contribution in [3.8, 4) is 0 Å². The SMILES string of the molecule is CCn1nc(C)cc1CC(NN)c1cc(C)c(C)s1. The van der Waals surface area contributed by atoms with Gasteiger partial charge in [0, 0.05) is 28.4 Å². The summed E-state index contributed by atoms with van der Waals surface area (Å²) in [5.41, 5.74) is 6.56. The molecule has 1 unspecified atom stereocenters. The van der Waals surface area contributed by atoms with Gasteiger partial charge >= 0.3 is 0 Å². The predicted molar refractivity (Wildman–Crippen MR) is 80.2 cm³/mol. The number of hydrogen-bond acceptors (Lipinski definition) is 4. The Kier molecular flexibility index (Phi) is 4.39. The molecule has 2 aromatic heterocycles. The van der Waals surface area contributed by atoms with Gasteiger partial charge in [0.15, 0.2) is 0 Å². The van der Waals surface area contributed by atoms with Gasteiger partial charge in [0.1, 0.15) is 0 Å². The van der Waals surface area contributed by atoms with Crippen LogP contribution in [-0.4, -0.2) is 9.78 Å². The van der Waals surface area contributed by atoms with Gasteiger partial charge in [-0.25, -0.2) is 0 Å². The lowest BCUT2D eigenvalue weighted by Crippen LogP contribution is -2.29. The molecule has 3 N–H and O–H groups in total. The maximum Gasteiger partial charge on any atom is 0.0608 e. The van der Waals surface area contributed by atoms with Crippen molar-refractivity contribution < 1.29 is 0 Å². The summed E-state index contributed by atoms with van der Waals surface area (Å²) in [6.07, 6.45) is 0.866. The lowest BCUT2D eigenvalue weighted by Gasteiger charge is -2.14. The Morgan fingerprint density at radius 1 is 1.37 bits per heavy atom. The minimum absolute atomic E-state index is 0.152. The second-order valence-electron chi connectivity index (χ2n) is 4.90. The quantitative estimate of drug-likeness (QED) is 0.653. The Morgan fingerprint density at radius 2 is 2.11 bits per heavy atom. The first-order valence-electron chi connectivity index (χ1n) is 6.61. The third-order valence-corrected chi connectivity index (χ3v) is 4.69. The molecule has 0 aliphatic heterocycles. The lowest BCUT2D eigenvalue weighted by atomic mass is 10.1. The van der Waals surface area contributed by atoms with Crippen molar-refractivity contribution in [2.75, 3.05) is 0 Å². The van der Waals surface area contributed by atoms with E-state index < -0.39 is 0 Å². The van der Waals surface area contributed by atoms with Crippen LogP contribution in [0, 0.1) is 20.8 Å². The smallest absolute Gasteiger partial charge is 0.0608 e. The van der Waals surface area contributed by atoms with Gasteiger partial charge in [-0.2, -0.15) is 5.10 Å². The summed E-state index contributed by atoms with van der Waals surface area (Å²) in [5.74, 6) is 5.74.